The fraction of sp³-hybridized carbons (Fsp3) is 0.667. The highest BCUT2D eigenvalue weighted by Crippen LogP contribution is 2.12. The summed E-state index contributed by atoms with van der Waals surface area (Å²) in [6.07, 6.45) is 1.51. The molecule has 7 nitrogen and oxygen atoms in total. The van der Waals surface area contributed by atoms with Gasteiger partial charge in [-0.1, -0.05) is 6.08 Å². The molecule has 16 heavy (non-hydrogen) atoms. The van der Waals surface area contributed by atoms with Gasteiger partial charge in [-0.2, -0.15) is 0 Å². The standard InChI is InChI=1S/C9H13N3O4/c1-6(9(13)14)2-3-8-15-4-7(5-16-8)11-12-10/h2,7-8,10H,3-5H2,1H3/p+1. The molecular formula is C9H14N3O4+. The number of carboxylic acids is 1. The van der Waals surface area contributed by atoms with Crippen LogP contribution in [0.1, 0.15) is 13.3 Å². The molecule has 0 saturated carbocycles. The number of hydrogen-bond acceptors (Lipinski definition) is 5. The number of rotatable bonds is 4. The van der Waals surface area contributed by atoms with Gasteiger partial charge in [-0.15, -0.1) is 0 Å². The molecule has 0 bridgehead atoms. The van der Waals surface area contributed by atoms with Gasteiger partial charge < -0.3 is 14.6 Å². The summed E-state index contributed by atoms with van der Waals surface area (Å²) in [7, 11) is 0. The van der Waals surface area contributed by atoms with E-state index in [0.717, 1.165) is 0 Å². The maximum absolute atomic E-state index is 10.5. The monoisotopic (exact) mass is 228 g/mol. The molecule has 1 rings (SSSR count). The van der Waals surface area contributed by atoms with E-state index in [1.54, 1.807) is 6.08 Å². The smallest absolute Gasteiger partial charge is 0.330 e. The zero-order valence-electron chi connectivity index (χ0n) is 8.92. The van der Waals surface area contributed by atoms with Gasteiger partial charge in [0.05, 0.1) is 13.2 Å². The van der Waals surface area contributed by atoms with Crippen LogP contribution < -0.4 is 4.91 Å². The zero-order chi connectivity index (χ0) is 12.0. The second kappa shape index (κ2) is 6.12. The average Bonchev–Trinajstić information content (AvgIpc) is 2.28. The summed E-state index contributed by atoms with van der Waals surface area (Å²) >= 11 is 0. The Hall–Kier alpha value is -1.56. The van der Waals surface area contributed by atoms with Crippen LogP contribution in [0.4, 0.5) is 0 Å². The van der Waals surface area contributed by atoms with E-state index in [1.165, 1.54) is 6.92 Å². The fourth-order valence-electron chi connectivity index (χ4n) is 1.18. The van der Waals surface area contributed by atoms with Crippen LogP contribution in [0.2, 0.25) is 0 Å². The van der Waals surface area contributed by atoms with Gasteiger partial charge in [-0.3, -0.25) is 0 Å². The molecule has 1 aliphatic rings. The quantitative estimate of drug-likeness (QED) is 0.419. The molecule has 0 radical (unpaired) electrons. The van der Waals surface area contributed by atoms with Crippen molar-refractivity contribution in [2.24, 2.45) is 5.11 Å². The molecule has 0 unspecified atom stereocenters. The molecule has 1 saturated heterocycles. The summed E-state index contributed by atoms with van der Waals surface area (Å²) in [5.41, 5.74) is 6.81. The molecule has 0 spiro atoms. The van der Waals surface area contributed by atoms with Crippen molar-refractivity contribution in [3.8, 4) is 0 Å². The lowest BCUT2D eigenvalue weighted by atomic mass is 10.2. The highest BCUT2D eigenvalue weighted by molar-refractivity contribution is 5.85. The topological polar surface area (TPSA) is 106 Å². The number of carbonyl (C=O) groups is 1. The van der Waals surface area contributed by atoms with Crippen molar-refractivity contribution in [1.82, 2.24) is 4.91 Å². The number of nitrogens with one attached hydrogen (secondary N) is 1. The highest BCUT2D eigenvalue weighted by atomic mass is 16.7. The highest BCUT2D eigenvalue weighted by Gasteiger charge is 2.24. The van der Waals surface area contributed by atoms with Crippen LogP contribution in [-0.2, 0) is 14.3 Å². The minimum Gasteiger partial charge on any atom is -0.478 e. The number of nitrogens with zero attached hydrogens (tertiary/aromatic N) is 2. The van der Waals surface area contributed by atoms with Gasteiger partial charge in [0, 0.05) is 12.0 Å². The summed E-state index contributed by atoms with van der Waals surface area (Å²) in [5, 5.41) is 12.2. The lowest BCUT2D eigenvalue weighted by Crippen LogP contribution is -2.34. The van der Waals surface area contributed by atoms with Crippen molar-refractivity contribution in [2.75, 3.05) is 13.2 Å². The molecule has 0 amide bonds. The number of hydrogen-bond donors (Lipinski definition) is 2. The van der Waals surface area contributed by atoms with Crippen molar-refractivity contribution in [1.29, 1.82) is 5.53 Å². The normalized spacial score (nSPS) is 25.9. The van der Waals surface area contributed by atoms with Gasteiger partial charge in [-0.05, 0) is 6.92 Å². The molecule has 88 valence electrons. The van der Waals surface area contributed by atoms with Crippen LogP contribution in [0, 0.1) is 5.53 Å². The molecular weight excluding hydrogens is 214 g/mol. The summed E-state index contributed by atoms with van der Waals surface area (Å²) in [4.78, 5) is 13.4. The predicted octanol–water partition coefficient (Wildman–Crippen LogP) is 0.699. The van der Waals surface area contributed by atoms with Crippen molar-refractivity contribution in [3.05, 3.63) is 11.6 Å². The molecule has 0 aromatic carbocycles. The van der Waals surface area contributed by atoms with E-state index in [0.29, 0.717) is 19.6 Å². The number of aliphatic carboxylic acids is 1. The van der Waals surface area contributed by atoms with Gasteiger partial charge in [0.15, 0.2) is 12.3 Å². The Morgan fingerprint density at radius 3 is 2.75 bits per heavy atom. The first-order valence-electron chi connectivity index (χ1n) is 4.83. The second-order valence-electron chi connectivity index (χ2n) is 3.39. The van der Waals surface area contributed by atoms with Crippen LogP contribution >= 0.6 is 0 Å². The van der Waals surface area contributed by atoms with Crippen molar-refractivity contribution in [2.45, 2.75) is 25.7 Å². The maximum atomic E-state index is 10.5. The van der Waals surface area contributed by atoms with Crippen LogP contribution in [0.5, 0.6) is 0 Å². The van der Waals surface area contributed by atoms with E-state index in [-0.39, 0.29) is 11.6 Å². The van der Waals surface area contributed by atoms with Gasteiger partial charge in [0.25, 0.3) is 0 Å². The van der Waals surface area contributed by atoms with Gasteiger partial charge in [-0.25, -0.2) is 4.79 Å². The minimum atomic E-state index is -0.948. The Kier molecular flexibility index (Phi) is 4.78. The Balaban J connectivity index is 2.35. The third kappa shape index (κ3) is 3.90. The lowest BCUT2D eigenvalue weighted by Gasteiger charge is -2.23. The molecule has 0 atom stereocenters. The fourth-order valence-corrected chi connectivity index (χ4v) is 1.18. The Bertz CT molecular complexity index is 328. The molecule has 1 heterocycles. The summed E-state index contributed by atoms with van der Waals surface area (Å²) in [5.74, 6) is -0.948. The van der Waals surface area contributed by atoms with Crippen molar-refractivity contribution < 1.29 is 19.4 Å². The van der Waals surface area contributed by atoms with Crippen LogP contribution in [0.3, 0.4) is 0 Å². The van der Waals surface area contributed by atoms with E-state index in [2.05, 4.69) is 10.0 Å². The lowest BCUT2D eigenvalue weighted by molar-refractivity contribution is -0.183. The van der Waals surface area contributed by atoms with E-state index < -0.39 is 12.3 Å². The number of carboxylic acid groups (broad SMARTS) is 1. The Morgan fingerprint density at radius 2 is 2.25 bits per heavy atom. The van der Waals surface area contributed by atoms with Crippen LogP contribution in [0.25, 0.3) is 0 Å². The first kappa shape index (κ1) is 12.5. The third-order valence-electron chi connectivity index (χ3n) is 2.12. The van der Waals surface area contributed by atoms with Crippen LogP contribution in [0.15, 0.2) is 16.8 Å². The van der Waals surface area contributed by atoms with Crippen molar-refractivity contribution >= 4 is 5.97 Å². The molecule has 2 N–H and O–H groups in total. The van der Waals surface area contributed by atoms with Crippen LogP contribution in [-0.4, -0.2) is 36.6 Å². The average molecular weight is 228 g/mol. The molecule has 0 aromatic rings. The maximum Gasteiger partial charge on any atom is 0.330 e. The zero-order valence-corrected chi connectivity index (χ0v) is 8.92. The summed E-state index contributed by atoms with van der Waals surface area (Å²) in [6.45, 7) is 2.20. The molecule has 7 heteroatoms. The van der Waals surface area contributed by atoms with Gasteiger partial charge in [0.1, 0.15) is 10.6 Å². The van der Waals surface area contributed by atoms with Crippen molar-refractivity contribution in [3.63, 3.8) is 0 Å². The summed E-state index contributed by atoms with van der Waals surface area (Å²) < 4.78 is 10.6. The Labute approximate surface area is 92.3 Å². The molecule has 1 aliphatic heterocycles. The molecule has 0 aromatic heterocycles. The second-order valence-corrected chi connectivity index (χ2v) is 3.39. The first-order valence-corrected chi connectivity index (χ1v) is 4.83. The first-order chi connectivity index (χ1) is 7.63. The number of ether oxygens (including phenoxy) is 2. The molecule has 0 aliphatic carbocycles. The third-order valence-corrected chi connectivity index (χ3v) is 2.12. The SMILES string of the molecule is CC(=CCC1OCC(N=[N+]=N)CO1)C(=O)O. The van der Waals surface area contributed by atoms with Gasteiger partial charge >= 0.3 is 5.97 Å². The van der Waals surface area contributed by atoms with E-state index >= 15 is 0 Å². The van der Waals surface area contributed by atoms with E-state index in [1.807, 2.05) is 0 Å². The predicted molar refractivity (Wildman–Crippen MR) is 52.8 cm³/mol. The summed E-state index contributed by atoms with van der Waals surface area (Å²) in [6, 6.07) is -0.238. The van der Waals surface area contributed by atoms with Gasteiger partial charge in [0.2, 0.25) is 4.91 Å². The minimum absolute atomic E-state index is 0.238. The Morgan fingerprint density at radius 1 is 1.62 bits per heavy atom. The van der Waals surface area contributed by atoms with E-state index in [4.69, 9.17) is 20.1 Å². The largest absolute Gasteiger partial charge is 0.478 e. The van der Waals surface area contributed by atoms with E-state index in [9.17, 15) is 4.79 Å². The molecule has 1 fully saturated rings.